The molecule has 146 valence electrons. The van der Waals surface area contributed by atoms with Gasteiger partial charge in [0.2, 0.25) is 0 Å². The summed E-state index contributed by atoms with van der Waals surface area (Å²) >= 11 is 0. The van der Waals surface area contributed by atoms with Crippen LogP contribution in [0.25, 0.3) is 0 Å². The minimum absolute atomic E-state index is 0.245. The molecule has 1 fully saturated rings. The molecular formula is C18H27F3N4O. The Hall–Kier alpha value is -1.96. The van der Waals surface area contributed by atoms with Crippen molar-refractivity contribution in [3.63, 3.8) is 0 Å². The molecule has 1 aliphatic rings. The van der Waals surface area contributed by atoms with Crippen LogP contribution >= 0.6 is 0 Å². The van der Waals surface area contributed by atoms with Gasteiger partial charge in [-0.15, -0.1) is 13.2 Å². The largest absolute Gasteiger partial charge is 0.573 e. The third-order valence-electron chi connectivity index (χ3n) is 4.41. The summed E-state index contributed by atoms with van der Waals surface area (Å²) in [7, 11) is 0. The smallest absolute Gasteiger partial charge is 0.406 e. The normalized spacial score (nSPS) is 17.3. The zero-order chi connectivity index (χ0) is 19.0. The van der Waals surface area contributed by atoms with Gasteiger partial charge in [-0.3, -0.25) is 0 Å². The number of likely N-dealkylation sites (tertiary alicyclic amines) is 1. The molecule has 26 heavy (non-hydrogen) atoms. The maximum Gasteiger partial charge on any atom is 0.573 e. The molecule has 5 nitrogen and oxygen atoms in total. The van der Waals surface area contributed by atoms with Crippen LogP contribution < -0.4 is 15.8 Å². The quantitative estimate of drug-likeness (QED) is 0.570. The second-order valence-electron chi connectivity index (χ2n) is 6.56. The summed E-state index contributed by atoms with van der Waals surface area (Å²) in [5, 5.41) is 3.15. The topological polar surface area (TPSA) is 62.9 Å². The Balaban J connectivity index is 1.71. The predicted molar refractivity (Wildman–Crippen MR) is 95.9 cm³/mol. The van der Waals surface area contributed by atoms with Crippen molar-refractivity contribution in [2.75, 3.05) is 26.2 Å². The number of benzene rings is 1. The van der Waals surface area contributed by atoms with Crippen molar-refractivity contribution in [1.82, 2.24) is 10.2 Å². The van der Waals surface area contributed by atoms with Crippen molar-refractivity contribution in [2.45, 2.75) is 39.1 Å². The lowest BCUT2D eigenvalue weighted by Gasteiger charge is -2.31. The van der Waals surface area contributed by atoms with Crippen molar-refractivity contribution in [2.24, 2.45) is 16.6 Å². The number of ether oxygens (including phenoxy) is 1. The first-order valence-corrected chi connectivity index (χ1v) is 8.96. The Bertz CT molecular complexity index is 567. The summed E-state index contributed by atoms with van der Waals surface area (Å²) in [5.41, 5.74) is 6.64. The van der Waals surface area contributed by atoms with E-state index < -0.39 is 6.36 Å². The summed E-state index contributed by atoms with van der Waals surface area (Å²) in [4.78, 5) is 6.72. The number of nitrogens with two attached hydrogens (primary N) is 1. The average molecular weight is 372 g/mol. The number of nitrogens with zero attached hydrogens (tertiary/aromatic N) is 2. The highest BCUT2D eigenvalue weighted by Crippen LogP contribution is 2.22. The summed E-state index contributed by atoms with van der Waals surface area (Å²) in [6, 6.07) is 5.63. The minimum Gasteiger partial charge on any atom is -0.406 e. The van der Waals surface area contributed by atoms with E-state index in [0.717, 1.165) is 44.6 Å². The standard InChI is InChI=1S/C18H27F3N4O/c1-2-9-25-10-7-15(8-11-25)13-24-17(22)23-12-14-3-5-16(6-4-14)26-18(19,20)21/h3-6,15H,2,7-13H2,1H3,(H3,22,23,24). The highest BCUT2D eigenvalue weighted by molar-refractivity contribution is 5.77. The van der Waals surface area contributed by atoms with Crippen molar-refractivity contribution >= 4 is 5.96 Å². The number of aliphatic imine (C=N–C) groups is 1. The zero-order valence-corrected chi connectivity index (χ0v) is 15.1. The fraction of sp³-hybridized carbons (Fsp3) is 0.611. The SMILES string of the molecule is CCCN1CCC(CNC(N)=NCc2ccc(OC(F)(F)F)cc2)CC1. The number of piperidine rings is 1. The molecule has 0 saturated carbocycles. The summed E-state index contributed by atoms with van der Waals surface area (Å²) < 4.78 is 40.2. The fourth-order valence-corrected chi connectivity index (χ4v) is 3.01. The van der Waals surface area contributed by atoms with Crippen LogP contribution in [0.4, 0.5) is 13.2 Å². The van der Waals surface area contributed by atoms with Gasteiger partial charge in [0.15, 0.2) is 5.96 Å². The third kappa shape index (κ3) is 7.51. The molecule has 0 atom stereocenters. The van der Waals surface area contributed by atoms with E-state index in [1.165, 1.54) is 18.6 Å². The predicted octanol–water partition coefficient (Wildman–Crippen LogP) is 3.11. The van der Waals surface area contributed by atoms with Gasteiger partial charge >= 0.3 is 6.36 Å². The van der Waals surface area contributed by atoms with E-state index >= 15 is 0 Å². The monoisotopic (exact) mass is 372 g/mol. The molecule has 1 aromatic carbocycles. The Morgan fingerprint density at radius 1 is 1.27 bits per heavy atom. The second kappa shape index (κ2) is 9.66. The number of guanidine groups is 1. The Morgan fingerprint density at radius 2 is 1.92 bits per heavy atom. The zero-order valence-electron chi connectivity index (χ0n) is 15.1. The van der Waals surface area contributed by atoms with E-state index in [2.05, 4.69) is 26.9 Å². The molecule has 1 heterocycles. The molecule has 1 aromatic rings. The van der Waals surface area contributed by atoms with Crippen molar-refractivity contribution in [1.29, 1.82) is 0 Å². The highest BCUT2D eigenvalue weighted by Gasteiger charge is 2.30. The van der Waals surface area contributed by atoms with Gasteiger partial charge in [-0.05, 0) is 62.5 Å². The molecule has 0 aliphatic carbocycles. The van der Waals surface area contributed by atoms with Crippen molar-refractivity contribution in [3.05, 3.63) is 29.8 Å². The Labute approximate surface area is 152 Å². The Morgan fingerprint density at radius 3 is 2.50 bits per heavy atom. The fourth-order valence-electron chi connectivity index (χ4n) is 3.01. The number of hydrogen-bond acceptors (Lipinski definition) is 3. The number of rotatable bonds is 7. The average Bonchev–Trinajstić information content (AvgIpc) is 2.59. The van der Waals surface area contributed by atoms with Crippen LogP contribution in [0.5, 0.6) is 5.75 Å². The molecule has 1 saturated heterocycles. The lowest BCUT2D eigenvalue weighted by atomic mass is 9.97. The molecule has 0 spiro atoms. The molecule has 1 aliphatic heterocycles. The van der Waals surface area contributed by atoms with Gasteiger partial charge in [-0.1, -0.05) is 19.1 Å². The van der Waals surface area contributed by atoms with E-state index in [1.807, 2.05) is 0 Å². The van der Waals surface area contributed by atoms with Gasteiger partial charge in [-0.25, -0.2) is 4.99 Å². The maximum atomic E-state index is 12.1. The second-order valence-corrected chi connectivity index (χ2v) is 6.56. The molecule has 8 heteroatoms. The van der Waals surface area contributed by atoms with Crippen LogP contribution in [0, 0.1) is 5.92 Å². The van der Waals surface area contributed by atoms with Gasteiger partial charge in [0, 0.05) is 6.54 Å². The van der Waals surface area contributed by atoms with Crippen LogP contribution in [-0.2, 0) is 6.54 Å². The van der Waals surface area contributed by atoms with Crippen LogP contribution in [0.15, 0.2) is 29.3 Å². The number of halogens is 3. The highest BCUT2D eigenvalue weighted by atomic mass is 19.4. The van der Waals surface area contributed by atoms with Crippen LogP contribution in [0.2, 0.25) is 0 Å². The van der Waals surface area contributed by atoms with Crippen molar-refractivity contribution in [3.8, 4) is 5.75 Å². The molecule has 0 amide bonds. The number of alkyl halides is 3. The summed E-state index contributed by atoms with van der Waals surface area (Å²) in [5.74, 6) is 0.706. The lowest BCUT2D eigenvalue weighted by Crippen LogP contribution is -2.41. The maximum absolute atomic E-state index is 12.1. The molecule has 0 aromatic heterocycles. The minimum atomic E-state index is -4.68. The van der Waals surface area contributed by atoms with E-state index in [1.54, 1.807) is 12.1 Å². The molecule has 0 bridgehead atoms. The van der Waals surface area contributed by atoms with Gasteiger partial charge in [0.1, 0.15) is 5.75 Å². The van der Waals surface area contributed by atoms with E-state index in [9.17, 15) is 13.2 Å². The van der Waals surface area contributed by atoms with Gasteiger partial charge in [0.05, 0.1) is 6.54 Å². The third-order valence-corrected chi connectivity index (χ3v) is 4.41. The first-order chi connectivity index (χ1) is 12.4. The van der Waals surface area contributed by atoms with E-state index in [0.29, 0.717) is 18.4 Å². The van der Waals surface area contributed by atoms with Gasteiger partial charge in [0.25, 0.3) is 0 Å². The number of nitrogens with one attached hydrogen (secondary N) is 1. The molecule has 0 unspecified atom stereocenters. The summed E-state index contributed by atoms with van der Waals surface area (Å²) in [6.45, 7) is 6.72. The first-order valence-electron chi connectivity index (χ1n) is 8.96. The first kappa shape index (κ1) is 20.4. The molecule has 0 radical (unpaired) electrons. The Kier molecular flexibility index (Phi) is 7.56. The lowest BCUT2D eigenvalue weighted by molar-refractivity contribution is -0.274. The molecule has 2 rings (SSSR count). The van der Waals surface area contributed by atoms with E-state index in [4.69, 9.17) is 5.73 Å². The number of hydrogen-bond donors (Lipinski definition) is 2. The summed E-state index contributed by atoms with van der Waals surface area (Å²) in [6.07, 6.45) is -1.19. The van der Waals surface area contributed by atoms with Crippen LogP contribution in [0.1, 0.15) is 31.7 Å². The van der Waals surface area contributed by atoms with Crippen LogP contribution in [-0.4, -0.2) is 43.4 Å². The van der Waals surface area contributed by atoms with Gasteiger partial charge in [-0.2, -0.15) is 0 Å². The van der Waals surface area contributed by atoms with Crippen LogP contribution in [0.3, 0.4) is 0 Å². The van der Waals surface area contributed by atoms with E-state index in [-0.39, 0.29) is 5.75 Å². The molecular weight excluding hydrogens is 345 g/mol. The van der Waals surface area contributed by atoms with Gasteiger partial charge < -0.3 is 20.7 Å². The van der Waals surface area contributed by atoms with Crippen molar-refractivity contribution < 1.29 is 17.9 Å². The molecule has 3 N–H and O–H groups in total.